The molecule has 0 atom stereocenters. The summed E-state index contributed by atoms with van der Waals surface area (Å²) in [5.41, 5.74) is 2.85. The molecule has 0 spiro atoms. The molecular weight excluding hydrogens is 276 g/mol. The van der Waals surface area contributed by atoms with Crippen LogP contribution in [0.5, 0.6) is 0 Å². The molecule has 2 aromatic carbocycles. The monoisotopic (exact) mass is 282 g/mol. The van der Waals surface area contributed by atoms with Crippen molar-refractivity contribution in [2.75, 3.05) is 0 Å². The Hall–Kier alpha value is -2.10. The Labute approximate surface area is 108 Å². The first-order valence-corrected chi connectivity index (χ1v) is 5.73. The molecule has 0 radical (unpaired) electrons. The molecule has 0 bridgehead atoms. The molecular formula is C14H7BrN2. The molecule has 0 saturated heterocycles. The van der Waals surface area contributed by atoms with Crippen LogP contribution in [0.3, 0.4) is 0 Å². The molecule has 3 heteroatoms. The molecule has 0 heterocycles. The van der Waals surface area contributed by atoms with Crippen LogP contribution in [0.15, 0.2) is 46.9 Å². The maximum absolute atomic E-state index is 8.91. The maximum atomic E-state index is 8.91. The highest BCUT2D eigenvalue weighted by atomic mass is 79.9. The number of hydrogen-bond acceptors (Lipinski definition) is 2. The van der Waals surface area contributed by atoms with Gasteiger partial charge in [-0.05, 0) is 41.5 Å². The van der Waals surface area contributed by atoms with Crippen LogP contribution in [0, 0.1) is 22.7 Å². The maximum Gasteiger partial charge on any atom is 0.0992 e. The second kappa shape index (κ2) is 4.82. The highest BCUT2D eigenvalue weighted by Gasteiger charge is 2.03. The Kier molecular flexibility index (Phi) is 3.23. The summed E-state index contributed by atoms with van der Waals surface area (Å²) in [4.78, 5) is 0. The van der Waals surface area contributed by atoms with Crippen molar-refractivity contribution in [3.8, 4) is 23.3 Å². The van der Waals surface area contributed by atoms with Crippen LogP contribution in [0.1, 0.15) is 11.1 Å². The average molecular weight is 283 g/mol. The van der Waals surface area contributed by atoms with Gasteiger partial charge in [0.15, 0.2) is 0 Å². The van der Waals surface area contributed by atoms with Gasteiger partial charge in [-0.3, -0.25) is 0 Å². The van der Waals surface area contributed by atoms with Crippen molar-refractivity contribution in [3.63, 3.8) is 0 Å². The summed E-state index contributed by atoms with van der Waals surface area (Å²) in [6, 6.07) is 17.0. The van der Waals surface area contributed by atoms with Crippen molar-refractivity contribution in [2.24, 2.45) is 0 Å². The van der Waals surface area contributed by atoms with Gasteiger partial charge in [0.2, 0.25) is 0 Å². The first-order valence-electron chi connectivity index (χ1n) is 4.94. The van der Waals surface area contributed by atoms with Crippen LogP contribution in [-0.4, -0.2) is 0 Å². The van der Waals surface area contributed by atoms with E-state index in [1.807, 2.05) is 24.3 Å². The van der Waals surface area contributed by atoms with Crippen molar-refractivity contribution in [1.29, 1.82) is 10.5 Å². The van der Waals surface area contributed by atoms with Crippen LogP contribution in [0.4, 0.5) is 0 Å². The van der Waals surface area contributed by atoms with Crippen molar-refractivity contribution in [3.05, 3.63) is 58.1 Å². The van der Waals surface area contributed by atoms with E-state index in [4.69, 9.17) is 10.5 Å². The first-order chi connectivity index (χ1) is 8.22. The highest BCUT2D eigenvalue weighted by molar-refractivity contribution is 9.10. The smallest absolute Gasteiger partial charge is 0.0992 e. The van der Waals surface area contributed by atoms with Crippen LogP contribution in [0.25, 0.3) is 11.1 Å². The van der Waals surface area contributed by atoms with Crippen molar-refractivity contribution in [1.82, 2.24) is 0 Å². The van der Waals surface area contributed by atoms with Gasteiger partial charge < -0.3 is 0 Å². The normalized spacial score (nSPS) is 9.35. The van der Waals surface area contributed by atoms with E-state index >= 15 is 0 Å². The van der Waals surface area contributed by atoms with Gasteiger partial charge in [-0.15, -0.1) is 0 Å². The molecule has 0 aliphatic rings. The second-order valence-corrected chi connectivity index (χ2v) is 4.45. The van der Waals surface area contributed by atoms with Crippen LogP contribution in [-0.2, 0) is 0 Å². The van der Waals surface area contributed by atoms with Crippen molar-refractivity contribution < 1.29 is 0 Å². The molecule has 17 heavy (non-hydrogen) atoms. The molecule has 0 aliphatic heterocycles. The number of halogens is 1. The lowest BCUT2D eigenvalue weighted by molar-refractivity contribution is 1.44. The standard InChI is InChI=1S/C14H7BrN2/c15-14-3-1-2-12(7-14)13-5-10(8-16)4-11(6-13)9-17/h1-7H. The van der Waals surface area contributed by atoms with E-state index in [1.54, 1.807) is 18.2 Å². The third-order valence-electron chi connectivity index (χ3n) is 2.35. The van der Waals surface area contributed by atoms with Gasteiger partial charge in [-0.1, -0.05) is 28.1 Å². The Bertz CT molecular complexity index is 616. The predicted molar refractivity (Wildman–Crippen MR) is 69.0 cm³/mol. The van der Waals surface area contributed by atoms with Gasteiger partial charge in [0.1, 0.15) is 0 Å². The molecule has 0 amide bonds. The third-order valence-corrected chi connectivity index (χ3v) is 2.84. The minimum absolute atomic E-state index is 0.499. The first kappa shape index (κ1) is 11.4. The zero-order valence-electron chi connectivity index (χ0n) is 8.81. The summed E-state index contributed by atoms with van der Waals surface area (Å²) in [7, 11) is 0. The van der Waals surface area contributed by atoms with Gasteiger partial charge in [0.25, 0.3) is 0 Å². The van der Waals surface area contributed by atoms with E-state index in [2.05, 4.69) is 28.1 Å². The quantitative estimate of drug-likeness (QED) is 0.797. The number of hydrogen-bond donors (Lipinski definition) is 0. The summed E-state index contributed by atoms with van der Waals surface area (Å²) >= 11 is 3.40. The minimum Gasteiger partial charge on any atom is -0.192 e. The SMILES string of the molecule is N#Cc1cc(C#N)cc(-c2cccc(Br)c2)c1. The van der Waals surface area contributed by atoms with E-state index < -0.39 is 0 Å². The fourth-order valence-corrected chi connectivity index (χ4v) is 1.99. The minimum atomic E-state index is 0.499. The van der Waals surface area contributed by atoms with Crippen LogP contribution < -0.4 is 0 Å². The predicted octanol–water partition coefficient (Wildman–Crippen LogP) is 3.86. The summed E-state index contributed by atoms with van der Waals surface area (Å²) in [5.74, 6) is 0. The molecule has 0 fully saturated rings. The molecule has 2 aromatic rings. The Morgan fingerprint density at radius 2 is 1.47 bits per heavy atom. The van der Waals surface area contributed by atoms with E-state index in [0.29, 0.717) is 11.1 Å². The van der Waals surface area contributed by atoms with E-state index in [1.165, 1.54) is 0 Å². The molecule has 0 aromatic heterocycles. The lowest BCUT2D eigenvalue weighted by Gasteiger charge is -2.03. The average Bonchev–Trinajstić information content (AvgIpc) is 2.38. The molecule has 0 N–H and O–H groups in total. The Balaban J connectivity index is 2.60. The lowest BCUT2D eigenvalue weighted by atomic mass is 10.0. The number of nitriles is 2. The number of rotatable bonds is 1. The van der Waals surface area contributed by atoms with Gasteiger partial charge in [-0.2, -0.15) is 10.5 Å². The topological polar surface area (TPSA) is 47.6 Å². The second-order valence-electron chi connectivity index (χ2n) is 3.53. The molecule has 80 valence electrons. The number of nitrogens with zero attached hydrogens (tertiary/aromatic N) is 2. The summed E-state index contributed by atoms with van der Waals surface area (Å²) in [5, 5.41) is 17.8. The molecule has 0 unspecified atom stereocenters. The molecule has 2 rings (SSSR count). The van der Waals surface area contributed by atoms with Gasteiger partial charge in [-0.25, -0.2) is 0 Å². The van der Waals surface area contributed by atoms with Crippen molar-refractivity contribution in [2.45, 2.75) is 0 Å². The zero-order valence-corrected chi connectivity index (χ0v) is 10.4. The fraction of sp³-hybridized carbons (Fsp3) is 0. The van der Waals surface area contributed by atoms with E-state index in [0.717, 1.165) is 15.6 Å². The Morgan fingerprint density at radius 1 is 0.824 bits per heavy atom. The van der Waals surface area contributed by atoms with Gasteiger partial charge in [0, 0.05) is 4.47 Å². The van der Waals surface area contributed by atoms with Gasteiger partial charge in [0.05, 0.1) is 23.3 Å². The highest BCUT2D eigenvalue weighted by Crippen LogP contribution is 2.24. The van der Waals surface area contributed by atoms with Crippen LogP contribution in [0.2, 0.25) is 0 Å². The Morgan fingerprint density at radius 3 is 2.00 bits per heavy atom. The largest absolute Gasteiger partial charge is 0.192 e. The van der Waals surface area contributed by atoms with E-state index in [9.17, 15) is 0 Å². The molecule has 0 saturated carbocycles. The molecule has 2 nitrogen and oxygen atoms in total. The van der Waals surface area contributed by atoms with Gasteiger partial charge >= 0.3 is 0 Å². The fourth-order valence-electron chi connectivity index (χ4n) is 1.59. The lowest BCUT2D eigenvalue weighted by Crippen LogP contribution is -1.84. The van der Waals surface area contributed by atoms with Crippen molar-refractivity contribution >= 4 is 15.9 Å². The van der Waals surface area contributed by atoms with E-state index in [-0.39, 0.29) is 0 Å². The number of benzene rings is 2. The summed E-state index contributed by atoms with van der Waals surface area (Å²) < 4.78 is 0.968. The van der Waals surface area contributed by atoms with Crippen LogP contribution >= 0.6 is 15.9 Å². The zero-order chi connectivity index (χ0) is 12.3. The summed E-state index contributed by atoms with van der Waals surface area (Å²) in [6.07, 6.45) is 0. The third kappa shape index (κ3) is 2.53. The molecule has 0 aliphatic carbocycles. The summed E-state index contributed by atoms with van der Waals surface area (Å²) in [6.45, 7) is 0.